The molecule has 0 saturated heterocycles. The number of benzene rings is 5. The molecule has 186 valence electrons. The lowest BCUT2D eigenvalue weighted by Crippen LogP contribution is -2.33. The largest absolute Gasteiger partial charge is 0.354 e. The van der Waals surface area contributed by atoms with Crippen LogP contribution in [0, 0.1) is 0 Å². The highest BCUT2D eigenvalue weighted by molar-refractivity contribution is 6.24. The molecular formula is C36H32N2. The molecule has 5 aromatic carbocycles. The minimum absolute atomic E-state index is 0.185. The maximum Gasteiger partial charge on any atom is 0.0549 e. The Labute approximate surface area is 222 Å². The number of para-hydroxylation sites is 1. The van der Waals surface area contributed by atoms with E-state index < -0.39 is 0 Å². The minimum Gasteiger partial charge on any atom is -0.354 e. The molecule has 8 rings (SSSR count). The van der Waals surface area contributed by atoms with Gasteiger partial charge < -0.3 is 9.55 Å². The van der Waals surface area contributed by atoms with Gasteiger partial charge in [-0.3, -0.25) is 0 Å². The lowest BCUT2D eigenvalue weighted by atomic mass is 9.63. The number of hydrogen-bond acceptors (Lipinski definition) is 0. The molecule has 1 N–H and O–H groups in total. The van der Waals surface area contributed by atoms with E-state index in [9.17, 15) is 0 Å². The highest BCUT2D eigenvalue weighted by Gasteiger charge is 2.37. The van der Waals surface area contributed by atoms with Crippen LogP contribution in [0.1, 0.15) is 51.7 Å². The second kappa shape index (κ2) is 7.29. The van der Waals surface area contributed by atoms with Gasteiger partial charge in [0.2, 0.25) is 0 Å². The summed E-state index contributed by atoms with van der Waals surface area (Å²) in [5.41, 5.74) is 9.56. The molecule has 1 aliphatic carbocycles. The molecule has 0 saturated carbocycles. The molecule has 7 aromatic rings. The van der Waals surface area contributed by atoms with E-state index in [0.29, 0.717) is 0 Å². The molecule has 2 heteroatoms. The normalized spacial score (nSPS) is 16.6. The fourth-order valence-electron chi connectivity index (χ4n) is 7.10. The Balaban J connectivity index is 1.54. The summed E-state index contributed by atoms with van der Waals surface area (Å²) in [6, 6.07) is 33.9. The van der Waals surface area contributed by atoms with E-state index in [1.807, 2.05) is 0 Å². The van der Waals surface area contributed by atoms with Crippen molar-refractivity contribution in [3.8, 4) is 5.69 Å². The maximum absolute atomic E-state index is 3.84. The molecular weight excluding hydrogens is 460 g/mol. The molecule has 0 unspecified atom stereocenters. The summed E-state index contributed by atoms with van der Waals surface area (Å²) in [6.07, 6.45) is 2.45. The van der Waals surface area contributed by atoms with Crippen LogP contribution in [0.4, 0.5) is 0 Å². The smallest absolute Gasteiger partial charge is 0.0549 e. The summed E-state index contributed by atoms with van der Waals surface area (Å²) in [5, 5.41) is 7.84. The quantitative estimate of drug-likeness (QED) is 0.235. The number of H-pyrrole nitrogens is 1. The van der Waals surface area contributed by atoms with Crippen LogP contribution in [0.5, 0.6) is 0 Å². The van der Waals surface area contributed by atoms with Crippen LogP contribution in [0.3, 0.4) is 0 Å². The van der Waals surface area contributed by atoms with Crippen molar-refractivity contribution >= 4 is 54.4 Å². The fourth-order valence-corrected chi connectivity index (χ4v) is 7.10. The Kier molecular flexibility index (Phi) is 4.22. The van der Waals surface area contributed by atoms with Crippen LogP contribution in [0.25, 0.3) is 60.1 Å². The highest BCUT2D eigenvalue weighted by atomic mass is 15.0. The number of hydrogen-bond donors (Lipinski definition) is 1. The molecule has 2 nitrogen and oxygen atoms in total. The number of aromatic nitrogens is 2. The predicted molar refractivity (Wildman–Crippen MR) is 163 cm³/mol. The minimum atomic E-state index is 0.185. The molecule has 2 aromatic heterocycles. The Hall–Kier alpha value is -4.04. The molecule has 0 bridgehead atoms. The summed E-state index contributed by atoms with van der Waals surface area (Å²) < 4.78 is 2.45. The van der Waals surface area contributed by atoms with Crippen LogP contribution in [-0.4, -0.2) is 9.55 Å². The molecule has 0 aliphatic heterocycles. The van der Waals surface area contributed by atoms with Crippen molar-refractivity contribution in [2.24, 2.45) is 0 Å². The lowest BCUT2D eigenvalue weighted by molar-refractivity contribution is 0.332. The number of aromatic amines is 1. The zero-order valence-electron chi connectivity index (χ0n) is 22.5. The summed E-state index contributed by atoms with van der Waals surface area (Å²) in [7, 11) is 0. The summed E-state index contributed by atoms with van der Waals surface area (Å²) in [6.45, 7) is 9.64. The summed E-state index contributed by atoms with van der Waals surface area (Å²) >= 11 is 0. The predicted octanol–water partition coefficient (Wildman–Crippen LogP) is 9.92. The van der Waals surface area contributed by atoms with Gasteiger partial charge in [-0.1, -0.05) is 76.2 Å². The summed E-state index contributed by atoms with van der Waals surface area (Å²) in [5.74, 6) is 0. The van der Waals surface area contributed by atoms with Gasteiger partial charge in [0.25, 0.3) is 0 Å². The molecule has 0 atom stereocenters. The van der Waals surface area contributed by atoms with Crippen molar-refractivity contribution in [3.63, 3.8) is 0 Å². The molecule has 0 amide bonds. The van der Waals surface area contributed by atoms with Gasteiger partial charge in [-0.15, -0.1) is 0 Å². The van der Waals surface area contributed by atoms with Gasteiger partial charge in [0.05, 0.1) is 11.0 Å². The molecule has 0 fully saturated rings. The monoisotopic (exact) mass is 492 g/mol. The van der Waals surface area contributed by atoms with Crippen molar-refractivity contribution in [3.05, 3.63) is 102 Å². The highest BCUT2D eigenvalue weighted by Crippen LogP contribution is 2.48. The Morgan fingerprint density at radius 1 is 0.579 bits per heavy atom. The topological polar surface area (TPSA) is 20.7 Å². The zero-order valence-corrected chi connectivity index (χ0v) is 22.5. The second-order valence-electron chi connectivity index (χ2n) is 12.6. The third kappa shape index (κ3) is 2.89. The summed E-state index contributed by atoms with van der Waals surface area (Å²) in [4.78, 5) is 3.84. The zero-order chi connectivity index (χ0) is 25.8. The number of rotatable bonds is 1. The standard InChI is InChI=1S/C36H32N2/c1-35(2)16-17-36(3,4)29-21-31-25(18-28(29)35)26-20-33-27(19-30(26)37-31)34-24-13-9-8-10-22(24)14-15-32(34)38(33)23-11-6-5-7-12-23/h5-15,18-21,37H,16-17H2,1-4H3. The van der Waals surface area contributed by atoms with Crippen LogP contribution in [0.2, 0.25) is 0 Å². The molecule has 2 heterocycles. The maximum atomic E-state index is 3.84. The molecule has 1 aliphatic rings. The molecule has 0 radical (unpaired) electrons. The lowest BCUT2D eigenvalue weighted by Gasteiger charge is -2.41. The first-order valence-corrected chi connectivity index (χ1v) is 13.8. The van der Waals surface area contributed by atoms with Crippen LogP contribution < -0.4 is 0 Å². The Bertz CT molecular complexity index is 2070. The van der Waals surface area contributed by atoms with Gasteiger partial charge in [0, 0.05) is 38.3 Å². The average molecular weight is 493 g/mol. The van der Waals surface area contributed by atoms with Crippen LogP contribution >= 0.6 is 0 Å². The van der Waals surface area contributed by atoms with Gasteiger partial charge in [-0.2, -0.15) is 0 Å². The average Bonchev–Trinajstić information content (AvgIpc) is 3.44. The van der Waals surface area contributed by atoms with E-state index in [1.165, 1.54) is 84.0 Å². The first-order valence-electron chi connectivity index (χ1n) is 13.8. The Morgan fingerprint density at radius 2 is 1.24 bits per heavy atom. The number of fused-ring (bicyclic) bond motifs is 9. The van der Waals surface area contributed by atoms with E-state index in [1.54, 1.807) is 0 Å². The second-order valence-corrected chi connectivity index (χ2v) is 12.6. The van der Waals surface area contributed by atoms with Crippen molar-refractivity contribution in [1.29, 1.82) is 0 Å². The van der Waals surface area contributed by atoms with Gasteiger partial charge in [-0.25, -0.2) is 0 Å². The van der Waals surface area contributed by atoms with E-state index in [4.69, 9.17) is 0 Å². The van der Waals surface area contributed by atoms with Crippen LogP contribution in [-0.2, 0) is 10.8 Å². The first kappa shape index (κ1) is 22.0. The van der Waals surface area contributed by atoms with Crippen molar-refractivity contribution in [1.82, 2.24) is 9.55 Å². The number of nitrogens with zero attached hydrogens (tertiary/aromatic N) is 1. The third-order valence-corrected chi connectivity index (χ3v) is 9.36. The SMILES string of the molecule is CC1(C)CCC(C)(C)c2cc3c(cc21)[nH]c1cc2c4c5ccccc5ccc4n(-c4ccccc4)c2cc13. The van der Waals surface area contributed by atoms with Crippen molar-refractivity contribution in [2.45, 2.75) is 51.4 Å². The molecule has 38 heavy (non-hydrogen) atoms. The van der Waals surface area contributed by atoms with E-state index in [2.05, 4.69) is 128 Å². The van der Waals surface area contributed by atoms with Crippen LogP contribution in [0.15, 0.2) is 91.0 Å². The van der Waals surface area contributed by atoms with Crippen molar-refractivity contribution in [2.75, 3.05) is 0 Å². The van der Waals surface area contributed by atoms with Crippen molar-refractivity contribution < 1.29 is 0 Å². The van der Waals surface area contributed by atoms with Gasteiger partial charge in [0.1, 0.15) is 0 Å². The van der Waals surface area contributed by atoms with E-state index >= 15 is 0 Å². The molecule has 0 spiro atoms. The van der Waals surface area contributed by atoms with Gasteiger partial charge in [-0.05, 0) is 88.0 Å². The van der Waals surface area contributed by atoms with E-state index in [-0.39, 0.29) is 10.8 Å². The van der Waals surface area contributed by atoms with Gasteiger partial charge in [0.15, 0.2) is 0 Å². The first-order chi connectivity index (χ1) is 18.3. The Morgan fingerprint density at radius 3 is 2.03 bits per heavy atom. The van der Waals surface area contributed by atoms with E-state index in [0.717, 1.165) is 0 Å². The fraction of sp³-hybridized carbons (Fsp3) is 0.222. The van der Waals surface area contributed by atoms with Gasteiger partial charge >= 0.3 is 0 Å². The number of nitrogens with one attached hydrogen (secondary N) is 1. The third-order valence-electron chi connectivity index (χ3n) is 9.36.